The van der Waals surface area contributed by atoms with Crippen LogP contribution >= 0.6 is 0 Å². The number of aryl methyl sites for hydroxylation is 1. The number of piperazine rings is 1. The highest BCUT2D eigenvalue weighted by atomic mass is 32.2. The summed E-state index contributed by atoms with van der Waals surface area (Å²) >= 11 is 0. The van der Waals surface area contributed by atoms with Gasteiger partial charge in [-0.1, -0.05) is 12.1 Å². The van der Waals surface area contributed by atoms with Crippen molar-refractivity contribution >= 4 is 43.6 Å². The van der Waals surface area contributed by atoms with E-state index in [4.69, 9.17) is 4.98 Å². The molecular weight excluding hydrogens is 466 g/mol. The molecule has 0 atom stereocenters. The number of pyridine rings is 1. The zero-order valence-electron chi connectivity index (χ0n) is 18.8. The number of fused-ring (bicyclic) bond motifs is 4. The molecule has 2 N–H and O–H groups in total. The molecule has 35 heavy (non-hydrogen) atoms. The lowest BCUT2D eigenvalue weighted by molar-refractivity contribution is 0.383. The average Bonchev–Trinajstić information content (AvgIpc) is 3.42. The number of nitrogens with one attached hydrogen (secondary N) is 2. The number of para-hydroxylation sites is 2. The van der Waals surface area contributed by atoms with E-state index < -0.39 is 10.0 Å². The molecule has 10 nitrogen and oxygen atoms in total. The van der Waals surface area contributed by atoms with E-state index >= 15 is 0 Å². The maximum atomic E-state index is 13.3. The van der Waals surface area contributed by atoms with Crippen molar-refractivity contribution in [2.45, 2.75) is 11.8 Å². The van der Waals surface area contributed by atoms with Crippen molar-refractivity contribution in [3.8, 4) is 6.07 Å². The molecule has 1 fully saturated rings. The first-order valence-corrected chi connectivity index (χ1v) is 12.6. The average molecular weight is 488 g/mol. The topological polar surface area (TPSA) is 130 Å². The van der Waals surface area contributed by atoms with E-state index in [0.717, 1.165) is 22.4 Å². The third-order valence-electron chi connectivity index (χ3n) is 6.55. The second-order valence-electron chi connectivity index (χ2n) is 8.61. The molecule has 0 aliphatic carbocycles. The van der Waals surface area contributed by atoms with Crippen LogP contribution in [0.1, 0.15) is 11.1 Å². The summed E-state index contributed by atoms with van der Waals surface area (Å²) in [6.07, 6.45) is 0. The number of H-pyrrole nitrogens is 2. The van der Waals surface area contributed by atoms with Crippen molar-refractivity contribution in [1.82, 2.24) is 23.7 Å². The molecule has 6 rings (SSSR count). The fourth-order valence-corrected chi connectivity index (χ4v) is 6.23. The van der Waals surface area contributed by atoms with Crippen molar-refractivity contribution in [3.05, 3.63) is 70.1 Å². The Bertz CT molecular complexity index is 1830. The zero-order chi connectivity index (χ0) is 24.3. The standard InChI is InChI=1S/C24H21N7O3S/c1-15-12-22(31-21-5-3-2-4-19(21)26-23(31)17(15)14-25)29-8-10-30(11-9-29)35(33,34)16-6-7-18-20(13-16)28-24(32)27-18/h2-7,12-13H,8-11H2,1H3,(H2,27,28,32). The Balaban J connectivity index is 1.34. The fourth-order valence-electron chi connectivity index (χ4n) is 4.78. The van der Waals surface area contributed by atoms with Crippen LogP contribution in [0, 0.1) is 18.3 Å². The summed E-state index contributed by atoms with van der Waals surface area (Å²) in [5, 5.41) is 9.73. The van der Waals surface area contributed by atoms with Gasteiger partial charge in [-0.25, -0.2) is 18.2 Å². The van der Waals surface area contributed by atoms with Gasteiger partial charge in [0.25, 0.3) is 0 Å². The molecule has 0 saturated carbocycles. The molecule has 11 heteroatoms. The first-order chi connectivity index (χ1) is 16.9. The van der Waals surface area contributed by atoms with Crippen molar-refractivity contribution in [2.24, 2.45) is 0 Å². The molecular formula is C24H21N7O3S. The maximum absolute atomic E-state index is 13.3. The SMILES string of the molecule is Cc1cc(N2CCN(S(=O)(=O)c3ccc4[nH]c(=O)[nH]c4c3)CC2)n2c(nc3ccccc32)c1C#N. The molecule has 4 heterocycles. The summed E-state index contributed by atoms with van der Waals surface area (Å²) < 4.78 is 30.1. The minimum absolute atomic E-state index is 0.144. The highest BCUT2D eigenvalue weighted by Gasteiger charge is 2.30. The van der Waals surface area contributed by atoms with Crippen LogP contribution in [0.2, 0.25) is 0 Å². The number of imidazole rings is 2. The van der Waals surface area contributed by atoms with Crippen molar-refractivity contribution in [2.75, 3.05) is 31.1 Å². The highest BCUT2D eigenvalue weighted by Crippen LogP contribution is 2.30. The lowest BCUT2D eigenvalue weighted by Crippen LogP contribution is -2.49. The van der Waals surface area contributed by atoms with Crippen molar-refractivity contribution in [3.63, 3.8) is 0 Å². The van der Waals surface area contributed by atoms with Gasteiger partial charge in [0.1, 0.15) is 11.9 Å². The van der Waals surface area contributed by atoms with Crippen LogP contribution < -0.4 is 10.6 Å². The Hall–Kier alpha value is -4.14. The van der Waals surface area contributed by atoms with Gasteiger partial charge in [0.2, 0.25) is 10.0 Å². The predicted octanol–water partition coefficient (Wildman–Crippen LogP) is 2.35. The molecule has 0 bridgehead atoms. The number of benzene rings is 2. The quantitative estimate of drug-likeness (QED) is 0.402. The van der Waals surface area contributed by atoms with Gasteiger partial charge in [-0.05, 0) is 48.9 Å². The van der Waals surface area contributed by atoms with Gasteiger partial charge in [0, 0.05) is 26.2 Å². The molecule has 5 aromatic rings. The minimum Gasteiger partial charge on any atom is -0.355 e. The molecule has 0 spiro atoms. The van der Waals surface area contributed by atoms with Crippen LogP contribution in [0.25, 0.3) is 27.7 Å². The van der Waals surface area contributed by atoms with E-state index in [9.17, 15) is 18.5 Å². The van der Waals surface area contributed by atoms with E-state index in [0.29, 0.717) is 48.4 Å². The van der Waals surface area contributed by atoms with Crippen LogP contribution in [0.15, 0.2) is 58.2 Å². The Morgan fingerprint density at radius 2 is 1.74 bits per heavy atom. The largest absolute Gasteiger partial charge is 0.355 e. The van der Waals surface area contributed by atoms with Crippen LogP contribution in [-0.4, -0.2) is 58.3 Å². The summed E-state index contributed by atoms with van der Waals surface area (Å²) in [6.45, 7) is 3.46. The predicted molar refractivity (Wildman–Crippen MR) is 132 cm³/mol. The Morgan fingerprint density at radius 3 is 2.51 bits per heavy atom. The van der Waals surface area contributed by atoms with E-state index in [-0.39, 0.29) is 10.6 Å². The number of rotatable bonds is 3. The van der Waals surface area contributed by atoms with Crippen LogP contribution in [0.3, 0.4) is 0 Å². The third-order valence-corrected chi connectivity index (χ3v) is 8.45. The first-order valence-electron chi connectivity index (χ1n) is 11.1. The van der Waals surface area contributed by atoms with Gasteiger partial charge in [0.05, 0.1) is 32.5 Å². The van der Waals surface area contributed by atoms with Crippen molar-refractivity contribution < 1.29 is 8.42 Å². The maximum Gasteiger partial charge on any atom is 0.323 e. The van der Waals surface area contributed by atoms with Gasteiger partial charge >= 0.3 is 5.69 Å². The Labute approximate surface area is 200 Å². The number of aromatic amines is 2. The van der Waals surface area contributed by atoms with E-state index in [2.05, 4.69) is 20.9 Å². The van der Waals surface area contributed by atoms with Gasteiger partial charge in [-0.3, -0.25) is 4.40 Å². The molecule has 0 amide bonds. The fraction of sp³-hybridized carbons (Fsp3) is 0.208. The minimum atomic E-state index is -3.73. The molecule has 1 saturated heterocycles. The number of aromatic nitrogens is 4. The summed E-state index contributed by atoms with van der Waals surface area (Å²) in [5.41, 5.74) is 4.31. The zero-order valence-corrected chi connectivity index (χ0v) is 19.6. The lowest BCUT2D eigenvalue weighted by Gasteiger charge is -2.35. The van der Waals surface area contributed by atoms with Gasteiger partial charge in [-0.15, -0.1) is 0 Å². The monoisotopic (exact) mass is 487 g/mol. The highest BCUT2D eigenvalue weighted by molar-refractivity contribution is 7.89. The summed E-state index contributed by atoms with van der Waals surface area (Å²) in [4.78, 5) is 23.8. The number of hydrogen-bond donors (Lipinski definition) is 2. The second kappa shape index (κ2) is 7.69. The molecule has 2 aromatic carbocycles. The van der Waals surface area contributed by atoms with Crippen LogP contribution in [0.5, 0.6) is 0 Å². The summed E-state index contributed by atoms with van der Waals surface area (Å²) in [6, 6.07) is 16.6. The smallest absolute Gasteiger partial charge is 0.323 e. The van der Waals surface area contributed by atoms with Crippen LogP contribution in [-0.2, 0) is 10.0 Å². The molecule has 0 unspecified atom stereocenters. The number of sulfonamides is 1. The molecule has 0 radical (unpaired) electrons. The lowest BCUT2D eigenvalue weighted by atomic mass is 10.1. The number of hydrogen-bond acceptors (Lipinski definition) is 6. The van der Waals surface area contributed by atoms with Crippen molar-refractivity contribution in [1.29, 1.82) is 5.26 Å². The van der Waals surface area contributed by atoms with Gasteiger partial charge < -0.3 is 14.9 Å². The Kier molecular flexibility index (Phi) is 4.70. The van der Waals surface area contributed by atoms with E-state index in [1.54, 1.807) is 6.07 Å². The third kappa shape index (κ3) is 3.30. The van der Waals surface area contributed by atoms with Crippen LogP contribution in [0.4, 0.5) is 5.82 Å². The number of anilines is 1. The molecule has 176 valence electrons. The second-order valence-corrected chi connectivity index (χ2v) is 10.5. The number of nitriles is 1. The Morgan fingerprint density at radius 1 is 1.00 bits per heavy atom. The van der Waals surface area contributed by atoms with Gasteiger partial charge in [-0.2, -0.15) is 9.57 Å². The normalized spacial score (nSPS) is 15.3. The summed E-state index contributed by atoms with van der Waals surface area (Å²) in [5.74, 6) is 0.883. The number of nitrogens with zero attached hydrogens (tertiary/aromatic N) is 5. The molecule has 1 aliphatic rings. The molecule has 1 aliphatic heterocycles. The van der Waals surface area contributed by atoms with E-state index in [1.807, 2.05) is 41.7 Å². The van der Waals surface area contributed by atoms with E-state index in [1.165, 1.54) is 16.4 Å². The first kappa shape index (κ1) is 21.4. The van der Waals surface area contributed by atoms with Gasteiger partial charge in [0.15, 0.2) is 5.65 Å². The molecule has 3 aromatic heterocycles. The summed E-state index contributed by atoms with van der Waals surface area (Å²) in [7, 11) is -3.73.